The normalized spacial score (nSPS) is 12.5. The number of carbonyl (C=O) groups excluding carboxylic acids is 2. The number of sulfonamides is 1. The van der Waals surface area contributed by atoms with E-state index in [1.165, 1.54) is 11.9 Å². The van der Waals surface area contributed by atoms with Crippen molar-refractivity contribution >= 4 is 32.6 Å². The van der Waals surface area contributed by atoms with E-state index >= 15 is 0 Å². The quantitative estimate of drug-likeness (QED) is 0.410. The first kappa shape index (κ1) is 26.4. The van der Waals surface area contributed by atoms with Crippen LogP contribution < -0.4 is 5.32 Å². The van der Waals surface area contributed by atoms with Crippen molar-refractivity contribution in [1.82, 2.24) is 14.5 Å². The zero-order valence-corrected chi connectivity index (χ0v) is 21.3. The molecule has 0 aromatic heterocycles. The number of nitrogens with zero attached hydrogens (tertiary/aromatic N) is 2. The Hall–Kier alpha value is -3.23. The van der Waals surface area contributed by atoms with Gasteiger partial charge in [0.15, 0.2) is 0 Å². The Balaban J connectivity index is 1.80. The fourth-order valence-electron chi connectivity index (χ4n) is 3.77. The number of amides is 2. The molecule has 3 aromatic carbocycles. The third-order valence-corrected chi connectivity index (χ3v) is 7.78. The average Bonchev–Trinajstić information content (AvgIpc) is 2.87. The summed E-state index contributed by atoms with van der Waals surface area (Å²) in [7, 11) is -2.53. The lowest BCUT2D eigenvalue weighted by Crippen LogP contribution is -2.50. The van der Waals surface area contributed by atoms with E-state index in [0.717, 1.165) is 33.5 Å². The number of likely N-dealkylation sites (N-methyl/N-ethyl adjacent to an activating group) is 1. The molecule has 35 heavy (non-hydrogen) atoms. The molecule has 1 atom stereocenters. The summed E-state index contributed by atoms with van der Waals surface area (Å²) in [5.74, 6) is -0.707. The summed E-state index contributed by atoms with van der Waals surface area (Å²) in [6.07, 6.45) is 1.79. The smallest absolute Gasteiger partial charge is 0.243 e. The summed E-state index contributed by atoms with van der Waals surface area (Å²) in [4.78, 5) is 27.7. The van der Waals surface area contributed by atoms with Crippen LogP contribution in [-0.2, 0) is 26.2 Å². The molecule has 0 saturated heterocycles. The van der Waals surface area contributed by atoms with Crippen LogP contribution in [0.2, 0.25) is 0 Å². The van der Waals surface area contributed by atoms with Gasteiger partial charge in [0.25, 0.3) is 0 Å². The van der Waals surface area contributed by atoms with E-state index in [1.54, 1.807) is 25.1 Å². The monoisotopic (exact) mass is 495 g/mol. The molecule has 0 radical (unpaired) electrons. The van der Waals surface area contributed by atoms with Crippen molar-refractivity contribution in [3.8, 4) is 0 Å². The van der Waals surface area contributed by atoms with Gasteiger partial charge in [-0.25, -0.2) is 8.42 Å². The second kappa shape index (κ2) is 12.0. The molecule has 0 unspecified atom stereocenters. The van der Waals surface area contributed by atoms with Crippen LogP contribution in [0.25, 0.3) is 10.8 Å². The van der Waals surface area contributed by atoms with E-state index in [9.17, 15) is 18.0 Å². The van der Waals surface area contributed by atoms with Crippen LogP contribution >= 0.6 is 0 Å². The zero-order chi connectivity index (χ0) is 25.4. The summed E-state index contributed by atoms with van der Waals surface area (Å²) < 4.78 is 27.5. The Labute approximate surface area is 207 Å². The minimum absolute atomic E-state index is 0.117. The van der Waals surface area contributed by atoms with Crippen molar-refractivity contribution in [2.24, 2.45) is 0 Å². The third-order valence-electron chi connectivity index (χ3n) is 5.98. The van der Waals surface area contributed by atoms with E-state index < -0.39 is 22.0 Å². The average molecular weight is 496 g/mol. The lowest BCUT2D eigenvalue weighted by molar-refractivity contribution is -0.140. The number of hydrogen-bond donors (Lipinski definition) is 1. The van der Waals surface area contributed by atoms with Crippen molar-refractivity contribution in [2.45, 2.75) is 44.2 Å². The van der Waals surface area contributed by atoms with Crippen molar-refractivity contribution in [3.05, 3.63) is 78.4 Å². The topological polar surface area (TPSA) is 86.8 Å². The number of unbranched alkanes of at least 4 members (excludes halogenated alkanes) is 1. The second-order valence-electron chi connectivity index (χ2n) is 8.60. The van der Waals surface area contributed by atoms with Gasteiger partial charge in [-0.2, -0.15) is 4.31 Å². The highest BCUT2D eigenvalue weighted by Crippen LogP contribution is 2.21. The largest absolute Gasteiger partial charge is 0.354 e. The van der Waals surface area contributed by atoms with Crippen LogP contribution in [0.4, 0.5) is 0 Å². The van der Waals surface area contributed by atoms with Gasteiger partial charge in [-0.3, -0.25) is 9.59 Å². The Bertz CT molecular complexity index is 1260. The molecule has 0 aliphatic heterocycles. The molecule has 0 saturated carbocycles. The van der Waals surface area contributed by atoms with Crippen molar-refractivity contribution in [3.63, 3.8) is 0 Å². The minimum atomic E-state index is -3.91. The van der Waals surface area contributed by atoms with Gasteiger partial charge in [-0.1, -0.05) is 74.0 Å². The third kappa shape index (κ3) is 6.68. The summed E-state index contributed by atoms with van der Waals surface area (Å²) in [5.41, 5.74) is 0.856. The molecule has 0 aliphatic rings. The Kier molecular flexibility index (Phi) is 9.01. The zero-order valence-electron chi connectivity index (χ0n) is 20.5. The fraction of sp³-hybridized carbons (Fsp3) is 0.333. The van der Waals surface area contributed by atoms with E-state index in [1.807, 2.05) is 61.5 Å². The molecule has 186 valence electrons. The lowest BCUT2D eigenvalue weighted by atomic mass is 10.1. The number of nitrogens with one attached hydrogen (secondary N) is 1. The fourth-order valence-corrected chi connectivity index (χ4v) is 4.93. The summed E-state index contributed by atoms with van der Waals surface area (Å²) in [6, 6.07) is 21.0. The number of benzene rings is 3. The summed E-state index contributed by atoms with van der Waals surface area (Å²) in [6.45, 7) is 4.05. The number of rotatable bonds is 11. The van der Waals surface area contributed by atoms with E-state index in [2.05, 4.69) is 5.32 Å². The van der Waals surface area contributed by atoms with Crippen LogP contribution in [0.3, 0.4) is 0 Å². The maximum atomic E-state index is 13.4. The maximum Gasteiger partial charge on any atom is 0.243 e. The highest BCUT2D eigenvalue weighted by atomic mass is 32.2. The molecule has 8 heteroatoms. The number of hydrogen-bond acceptors (Lipinski definition) is 4. The molecule has 7 nitrogen and oxygen atoms in total. The van der Waals surface area contributed by atoms with Crippen molar-refractivity contribution < 1.29 is 18.0 Å². The van der Waals surface area contributed by atoms with E-state index in [4.69, 9.17) is 0 Å². The molecule has 0 fully saturated rings. The van der Waals surface area contributed by atoms with Gasteiger partial charge in [-0.15, -0.1) is 0 Å². The Morgan fingerprint density at radius 3 is 2.29 bits per heavy atom. The molecule has 0 aliphatic carbocycles. The first-order valence-corrected chi connectivity index (χ1v) is 13.2. The molecule has 3 aromatic rings. The molecular weight excluding hydrogens is 462 g/mol. The van der Waals surface area contributed by atoms with Gasteiger partial charge >= 0.3 is 0 Å². The molecule has 0 bridgehead atoms. The van der Waals surface area contributed by atoms with Crippen LogP contribution in [0.1, 0.15) is 32.3 Å². The Morgan fingerprint density at radius 2 is 1.60 bits per heavy atom. The summed E-state index contributed by atoms with van der Waals surface area (Å²) >= 11 is 0. The maximum absolute atomic E-state index is 13.4. The van der Waals surface area contributed by atoms with Crippen LogP contribution in [0.5, 0.6) is 0 Å². The van der Waals surface area contributed by atoms with Crippen molar-refractivity contribution in [1.29, 1.82) is 0 Å². The van der Waals surface area contributed by atoms with Crippen molar-refractivity contribution in [2.75, 3.05) is 20.1 Å². The van der Waals surface area contributed by atoms with Gasteiger partial charge in [0, 0.05) is 20.1 Å². The predicted octanol–water partition coefficient (Wildman–Crippen LogP) is 3.79. The molecule has 1 N–H and O–H groups in total. The lowest BCUT2D eigenvalue weighted by Gasteiger charge is -2.30. The van der Waals surface area contributed by atoms with Gasteiger partial charge in [0.1, 0.15) is 6.04 Å². The molecule has 0 spiro atoms. The van der Waals surface area contributed by atoms with E-state index in [-0.39, 0.29) is 23.9 Å². The minimum Gasteiger partial charge on any atom is -0.354 e. The SMILES string of the molecule is CCCCNC(=O)[C@H](C)N(Cc1ccccc1)C(=O)CN(C)S(=O)(=O)c1ccc2ccccc2c1. The van der Waals surface area contributed by atoms with Gasteiger partial charge in [-0.05, 0) is 41.8 Å². The van der Waals surface area contributed by atoms with Crippen LogP contribution in [0, 0.1) is 0 Å². The number of carbonyl (C=O) groups is 2. The highest BCUT2D eigenvalue weighted by molar-refractivity contribution is 7.89. The van der Waals surface area contributed by atoms with Gasteiger partial charge in [0.05, 0.1) is 11.4 Å². The van der Waals surface area contributed by atoms with Gasteiger partial charge in [0.2, 0.25) is 21.8 Å². The first-order valence-electron chi connectivity index (χ1n) is 11.8. The highest BCUT2D eigenvalue weighted by Gasteiger charge is 2.30. The van der Waals surface area contributed by atoms with Crippen LogP contribution in [-0.4, -0.2) is 55.6 Å². The Morgan fingerprint density at radius 1 is 0.943 bits per heavy atom. The van der Waals surface area contributed by atoms with Gasteiger partial charge < -0.3 is 10.2 Å². The molecule has 3 rings (SSSR count). The summed E-state index contributed by atoms with van der Waals surface area (Å²) in [5, 5.41) is 4.60. The predicted molar refractivity (Wildman–Crippen MR) is 138 cm³/mol. The first-order chi connectivity index (χ1) is 16.7. The standard InChI is InChI=1S/C27H33N3O4S/c1-4-5-17-28-27(32)21(2)30(19-22-11-7-6-8-12-22)26(31)20-29(3)35(33,34)25-16-15-23-13-9-10-14-24(23)18-25/h6-16,18,21H,4-5,17,19-20H2,1-3H3,(H,28,32)/t21-/m0/s1. The van der Waals surface area contributed by atoms with Crippen LogP contribution in [0.15, 0.2) is 77.7 Å². The molecular formula is C27H33N3O4S. The molecule has 0 heterocycles. The number of fused-ring (bicyclic) bond motifs is 1. The second-order valence-corrected chi connectivity index (χ2v) is 10.6. The molecule has 2 amide bonds. The van der Waals surface area contributed by atoms with E-state index in [0.29, 0.717) is 6.54 Å².